The van der Waals surface area contributed by atoms with E-state index in [0.29, 0.717) is 32.1 Å². The van der Waals surface area contributed by atoms with Crippen molar-refractivity contribution in [3.05, 3.63) is 0 Å². The van der Waals surface area contributed by atoms with Gasteiger partial charge in [-0.25, -0.2) is 4.79 Å². The van der Waals surface area contributed by atoms with Crippen LogP contribution < -0.4 is 27.4 Å². The number of carbonyl (C=O) groups is 4. The van der Waals surface area contributed by atoms with Crippen LogP contribution in [-0.4, -0.2) is 73.1 Å². The number of hydrogen-bond donors (Lipinski definition) is 6. The molecule has 0 aromatic carbocycles. The molecule has 8 N–H and O–H groups in total. The van der Waals surface area contributed by atoms with Gasteiger partial charge in [0.15, 0.2) is 5.96 Å². The Labute approximate surface area is 169 Å². The highest BCUT2D eigenvalue weighted by molar-refractivity contribution is 5.91. The van der Waals surface area contributed by atoms with Crippen LogP contribution in [0.1, 0.15) is 39.5 Å². The molecular formula is C17H32N6O6. The van der Waals surface area contributed by atoms with Gasteiger partial charge in [0.05, 0.1) is 19.3 Å². The van der Waals surface area contributed by atoms with Gasteiger partial charge >= 0.3 is 6.09 Å². The maximum Gasteiger partial charge on any atom is 0.407 e. The molecule has 3 atom stereocenters. The molecule has 0 fully saturated rings. The van der Waals surface area contributed by atoms with Crippen molar-refractivity contribution in [2.45, 2.75) is 57.7 Å². The lowest BCUT2D eigenvalue weighted by Crippen LogP contribution is -2.55. The van der Waals surface area contributed by atoms with Gasteiger partial charge in [-0.1, -0.05) is 13.3 Å². The zero-order valence-corrected chi connectivity index (χ0v) is 16.8. The van der Waals surface area contributed by atoms with Crippen molar-refractivity contribution in [3.63, 3.8) is 0 Å². The first-order valence-electron chi connectivity index (χ1n) is 9.40. The standard InChI is InChI=1S/C17H32N6O6/c1-3-4-8-29-17(28)23-13(10-25)15(27)21-11(2)14(26)22-12(9-24)6-5-7-20-16(18)19/h9,11-13,25H,3-8,10H2,1-2H3,(H,21,27)(H,22,26)(H,23,28)(H4,18,19,20)/t11-,12-,13?/m0/s1. The fourth-order valence-electron chi connectivity index (χ4n) is 2.07. The monoisotopic (exact) mass is 416 g/mol. The van der Waals surface area contributed by atoms with Crippen LogP contribution in [0, 0.1) is 0 Å². The van der Waals surface area contributed by atoms with E-state index in [1.807, 2.05) is 6.92 Å². The predicted molar refractivity (Wildman–Crippen MR) is 106 cm³/mol. The van der Waals surface area contributed by atoms with Crippen molar-refractivity contribution in [2.75, 3.05) is 19.8 Å². The molecule has 12 nitrogen and oxygen atoms in total. The van der Waals surface area contributed by atoms with Crippen molar-refractivity contribution in [1.29, 1.82) is 0 Å². The van der Waals surface area contributed by atoms with E-state index in [-0.39, 0.29) is 12.6 Å². The number of aliphatic imine (C=N–C) groups is 1. The SMILES string of the molecule is CCCCOC(=O)NC(CO)C(=O)N[C@@H](C)C(=O)N[C@H](C=O)CCCN=C(N)N. The zero-order chi connectivity index (χ0) is 22.2. The van der Waals surface area contributed by atoms with E-state index in [1.54, 1.807) is 0 Å². The molecule has 0 aromatic rings. The van der Waals surface area contributed by atoms with E-state index in [0.717, 1.165) is 6.42 Å². The Morgan fingerprint density at radius 3 is 2.38 bits per heavy atom. The number of nitrogens with one attached hydrogen (secondary N) is 3. The topological polar surface area (TPSA) is 198 Å². The highest BCUT2D eigenvalue weighted by Gasteiger charge is 2.25. The predicted octanol–water partition coefficient (Wildman–Crippen LogP) is -1.88. The van der Waals surface area contributed by atoms with E-state index in [1.165, 1.54) is 6.92 Å². The van der Waals surface area contributed by atoms with Crippen molar-refractivity contribution in [1.82, 2.24) is 16.0 Å². The molecule has 0 aromatic heterocycles. The number of unbranched alkanes of at least 4 members (excludes halogenated alkanes) is 1. The highest BCUT2D eigenvalue weighted by atomic mass is 16.5. The second-order valence-corrected chi connectivity index (χ2v) is 6.30. The number of carbonyl (C=O) groups excluding carboxylic acids is 4. The molecule has 3 amide bonds. The summed E-state index contributed by atoms with van der Waals surface area (Å²) in [6.45, 7) is 3.16. The summed E-state index contributed by atoms with van der Waals surface area (Å²) in [5, 5.41) is 16.4. The first-order chi connectivity index (χ1) is 13.7. The number of amides is 3. The third kappa shape index (κ3) is 12.2. The number of rotatable bonds is 14. The molecule has 166 valence electrons. The lowest BCUT2D eigenvalue weighted by atomic mass is 10.1. The smallest absolute Gasteiger partial charge is 0.407 e. The first-order valence-corrected chi connectivity index (χ1v) is 9.40. The van der Waals surface area contributed by atoms with E-state index in [4.69, 9.17) is 16.2 Å². The Balaban J connectivity index is 4.49. The molecule has 0 spiro atoms. The molecule has 0 heterocycles. The van der Waals surface area contributed by atoms with Crippen LogP contribution >= 0.6 is 0 Å². The number of ether oxygens (including phenoxy) is 1. The summed E-state index contributed by atoms with van der Waals surface area (Å²) in [5.41, 5.74) is 10.4. The lowest BCUT2D eigenvalue weighted by Gasteiger charge is -2.21. The summed E-state index contributed by atoms with van der Waals surface area (Å²) in [4.78, 5) is 50.8. The van der Waals surface area contributed by atoms with Gasteiger partial charge < -0.3 is 42.1 Å². The molecule has 0 saturated carbocycles. The van der Waals surface area contributed by atoms with Gasteiger partial charge in [0.25, 0.3) is 0 Å². The minimum absolute atomic E-state index is 0.0608. The molecule has 0 aliphatic carbocycles. The lowest BCUT2D eigenvalue weighted by molar-refractivity contribution is -0.131. The van der Waals surface area contributed by atoms with Gasteiger partial charge in [0.1, 0.15) is 18.4 Å². The van der Waals surface area contributed by atoms with Crippen molar-refractivity contribution < 1.29 is 29.0 Å². The van der Waals surface area contributed by atoms with Gasteiger partial charge in [0.2, 0.25) is 11.8 Å². The molecule has 1 unspecified atom stereocenters. The molecular weight excluding hydrogens is 384 g/mol. The number of nitrogens with two attached hydrogens (primary N) is 2. The number of aliphatic hydroxyl groups excluding tert-OH is 1. The van der Waals surface area contributed by atoms with Gasteiger partial charge in [-0.2, -0.15) is 0 Å². The van der Waals surface area contributed by atoms with Crippen LogP contribution in [-0.2, 0) is 19.1 Å². The highest BCUT2D eigenvalue weighted by Crippen LogP contribution is 1.97. The summed E-state index contributed by atoms with van der Waals surface area (Å²) in [7, 11) is 0. The van der Waals surface area contributed by atoms with Crippen LogP contribution in [0.25, 0.3) is 0 Å². The summed E-state index contributed by atoms with van der Waals surface area (Å²) < 4.78 is 4.86. The third-order valence-electron chi connectivity index (χ3n) is 3.73. The van der Waals surface area contributed by atoms with E-state index in [9.17, 15) is 24.3 Å². The van der Waals surface area contributed by atoms with Crippen LogP contribution in [0.15, 0.2) is 4.99 Å². The van der Waals surface area contributed by atoms with Crippen molar-refractivity contribution in [3.8, 4) is 0 Å². The average Bonchev–Trinajstić information content (AvgIpc) is 2.67. The van der Waals surface area contributed by atoms with Crippen LogP contribution in [0.5, 0.6) is 0 Å². The number of guanidine groups is 1. The number of alkyl carbamates (subject to hydrolysis) is 1. The van der Waals surface area contributed by atoms with Gasteiger partial charge in [-0.15, -0.1) is 0 Å². The van der Waals surface area contributed by atoms with Crippen LogP contribution in [0.3, 0.4) is 0 Å². The Morgan fingerprint density at radius 1 is 1.14 bits per heavy atom. The normalized spacial score (nSPS) is 13.3. The molecule has 12 heteroatoms. The Morgan fingerprint density at radius 2 is 1.83 bits per heavy atom. The van der Waals surface area contributed by atoms with Crippen molar-refractivity contribution >= 4 is 30.2 Å². The maximum absolute atomic E-state index is 12.2. The van der Waals surface area contributed by atoms with Gasteiger partial charge in [-0.05, 0) is 26.2 Å². The summed E-state index contributed by atoms with van der Waals surface area (Å²) in [5.74, 6) is -1.42. The minimum Gasteiger partial charge on any atom is -0.450 e. The van der Waals surface area contributed by atoms with Gasteiger partial charge in [0, 0.05) is 6.54 Å². The maximum atomic E-state index is 12.2. The third-order valence-corrected chi connectivity index (χ3v) is 3.73. The Kier molecular flexibility index (Phi) is 13.6. The first kappa shape index (κ1) is 26.1. The molecule has 29 heavy (non-hydrogen) atoms. The quantitative estimate of drug-likeness (QED) is 0.0817. The largest absolute Gasteiger partial charge is 0.450 e. The molecule has 0 aliphatic heterocycles. The number of aliphatic hydroxyl groups is 1. The summed E-state index contributed by atoms with van der Waals surface area (Å²) in [6.07, 6.45) is 2.03. The van der Waals surface area contributed by atoms with Crippen molar-refractivity contribution in [2.24, 2.45) is 16.5 Å². The second kappa shape index (κ2) is 15.1. The fraction of sp³-hybridized carbons (Fsp3) is 0.706. The molecule has 0 aliphatic rings. The van der Waals surface area contributed by atoms with E-state index >= 15 is 0 Å². The summed E-state index contributed by atoms with van der Waals surface area (Å²) in [6, 6.07) is -3.05. The number of aldehydes is 1. The molecule has 0 rings (SSSR count). The van der Waals surface area contributed by atoms with Crippen LogP contribution in [0.2, 0.25) is 0 Å². The molecule has 0 saturated heterocycles. The molecule has 0 bridgehead atoms. The number of hydrogen-bond acceptors (Lipinski definition) is 7. The Hall–Kier alpha value is -2.89. The van der Waals surface area contributed by atoms with E-state index in [2.05, 4.69) is 20.9 Å². The number of nitrogens with zero attached hydrogens (tertiary/aromatic N) is 1. The van der Waals surface area contributed by atoms with Gasteiger partial charge in [-0.3, -0.25) is 14.6 Å². The molecule has 0 radical (unpaired) electrons. The minimum atomic E-state index is -1.28. The van der Waals surface area contributed by atoms with E-state index < -0.39 is 42.6 Å². The van der Waals surface area contributed by atoms with Crippen LogP contribution in [0.4, 0.5) is 4.79 Å². The fourth-order valence-corrected chi connectivity index (χ4v) is 2.07. The Bertz CT molecular complexity index is 567. The second-order valence-electron chi connectivity index (χ2n) is 6.30. The average molecular weight is 416 g/mol. The zero-order valence-electron chi connectivity index (χ0n) is 16.8. The summed E-state index contributed by atoms with van der Waals surface area (Å²) >= 11 is 0.